The molecule has 0 unspecified atom stereocenters. The third-order valence-electron chi connectivity index (χ3n) is 4.74. The Hall–Kier alpha value is -2.26. The molecule has 33 heavy (non-hydrogen) atoms. The normalized spacial score (nSPS) is 14.8. The van der Waals surface area contributed by atoms with E-state index in [0.29, 0.717) is 43.8 Å². The zero-order valence-corrected chi connectivity index (χ0v) is 21.9. The SMILES string of the molecule is COc1cc(/C=C2/SC(=O)N(c3cccc(Cl)c3)C2=O)c(Br)cc1OCc1ccc(Br)cc1. The fraction of sp³-hybridized carbons (Fsp3) is 0.0833. The van der Waals surface area contributed by atoms with Crippen molar-refractivity contribution in [1.82, 2.24) is 0 Å². The number of nitrogens with zero attached hydrogens (tertiary/aromatic N) is 1. The Bertz CT molecular complexity index is 1260. The molecule has 0 bridgehead atoms. The monoisotopic (exact) mass is 607 g/mol. The van der Waals surface area contributed by atoms with Gasteiger partial charge in [-0.2, -0.15) is 0 Å². The Morgan fingerprint density at radius 1 is 1.03 bits per heavy atom. The van der Waals surface area contributed by atoms with Crippen molar-refractivity contribution in [3.05, 3.63) is 90.7 Å². The molecule has 0 radical (unpaired) electrons. The van der Waals surface area contributed by atoms with Gasteiger partial charge >= 0.3 is 0 Å². The summed E-state index contributed by atoms with van der Waals surface area (Å²) in [5.74, 6) is 0.654. The number of carbonyl (C=O) groups excluding carboxylic acids is 2. The first kappa shape index (κ1) is 23.9. The second kappa shape index (κ2) is 10.3. The molecule has 0 atom stereocenters. The van der Waals surface area contributed by atoms with E-state index in [2.05, 4.69) is 31.9 Å². The van der Waals surface area contributed by atoms with Crippen molar-refractivity contribution in [3.63, 3.8) is 0 Å². The average molecular weight is 610 g/mol. The first-order valence-electron chi connectivity index (χ1n) is 9.64. The Morgan fingerprint density at radius 3 is 2.48 bits per heavy atom. The number of amides is 2. The highest BCUT2D eigenvalue weighted by molar-refractivity contribution is 9.10. The standard InChI is InChI=1S/C24H16Br2ClNO4S/c1-31-20-9-15(19(26)12-21(20)32-13-14-5-7-16(25)8-6-14)10-22-23(29)28(24(30)33-22)18-4-2-3-17(27)11-18/h2-12H,13H2,1H3/b22-10+. The van der Waals surface area contributed by atoms with E-state index in [4.69, 9.17) is 21.1 Å². The molecule has 1 heterocycles. The first-order valence-corrected chi connectivity index (χ1v) is 12.4. The predicted molar refractivity (Wildman–Crippen MR) is 139 cm³/mol. The molecule has 4 rings (SSSR count). The molecule has 0 saturated carbocycles. The second-order valence-corrected chi connectivity index (χ2v) is 10.1. The summed E-state index contributed by atoms with van der Waals surface area (Å²) in [6.07, 6.45) is 1.65. The van der Waals surface area contributed by atoms with Crippen LogP contribution in [0.4, 0.5) is 10.5 Å². The average Bonchev–Trinajstić information content (AvgIpc) is 3.07. The van der Waals surface area contributed by atoms with Crippen LogP contribution in [0.25, 0.3) is 6.08 Å². The van der Waals surface area contributed by atoms with E-state index in [-0.39, 0.29) is 5.24 Å². The summed E-state index contributed by atoms with van der Waals surface area (Å²) in [6, 6.07) is 18.0. The minimum Gasteiger partial charge on any atom is -0.493 e. The highest BCUT2D eigenvalue weighted by Crippen LogP contribution is 2.40. The Balaban J connectivity index is 1.58. The van der Waals surface area contributed by atoms with E-state index in [1.807, 2.05) is 24.3 Å². The van der Waals surface area contributed by atoms with Crippen LogP contribution >= 0.6 is 55.2 Å². The predicted octanol–water partition coefficient (Wildman–Crippen LogP) is 7.69. The molecule has 3 aromatic rings. The topological polar surface area (TPSA) is 55.8 Å². The van der Waals surface area contributed by atoms with Gasteiger partial charge in [-0.05, 0) is 71.4 Å². The lowest BCUT2D eigenvalue weighted by molar-refractivity contribution is -0.113. The zero-order valence-electron chi connectivity index (χ0n) is 17.2. The van der Waals surface area contributed by atoms with Crippen molar-refractivity contribution >= 4 is 78.1 Å². The molecule has 1 saturated heterocycles. The molecule has 0 N–H and O–H groups in total. The van der Waals surface area contributed by atoms with E-state index in [1.165, 1.54) is 0 Å². The number of imide groups is 1. The maximum Gasteiger partial charge on any atom is 0.298 e. The largest absolute Gasteiger partial charge is 0.493 e. The molecule has 1 aliphatic rings. The molecule has 0 aliphatic carbocycles. The fourth-order valence-electron chi connectivity index (χ4n) is 3.12. The maximum atomic E-state index is 12.9. The molecule has 2 amide bonds. The number of methoxy groups -OCH3 is 1. The van der Waals surface area contributed by atoms with Gasteiger partial charge in [0.2, 0.25) is 0 Å². The van der Waals surface area contributed by atoms with Gasteiger partial charge in [0.15, 0.2) is 11.5 Å². The van der Waals surface area contributed by atoms with Crippen molar-refractivity contribution in [2.45, 2.75) is 6.61 Å². The van der Waals surface area contributed by atoms with Crippen LogP contribution in [0.15, 0.2) is 74.5 Å². The Kier molecular flexibility index (Phi) is 7.48. The van der Waals surface area contributed by atoms with Crippen LogP contribution in [0.1, 0.15) is 11.1 Å². The van der Waals surface area contributed by atoms with Crippen LogP contribution in [0.2, 0.25) is 5.02 Å². The number of halogens is 3. The summed E-state index contributed by atoms with van der Waals surface area (Å²) in [4.78, 5) is 26.9. The smallest absolute Gasteiger partial charge is 0.298 e. The summed E-state index contributed by atoms with van der Waals surface area (Å²) >= 11 is 13.8. The summed E-state index contributed by atoms with van der Waals surface area (Å²) in [6.45, 7) is 0.369. The van der Waals surface area contributed by atoms with Crippen LogP contribution in [-0.2, 0) is 11.4 Å². The van der Waals surface area contributed by atoms with Crippen LogP contribution in [0, 0.1) is 0 Å². The maximum absolute atomic E-state index is 12.9. The molecule has 5 nitrogen and oxygen atoms in total. The number of benzene rings is 3. The van der Waals surface area contributed by atoms with Crippen molar-refractivity contribution in [2.75, 3.05) is 12.0 Å². The minimum atomic E-state index is -0.409. The van der Waals surface area contributed by atoms with Gasteiger partial charge in [0.1, 0.15) is 6.61 Å². The molecule has 3 aromatic carbocycles. The molecular weight excluding hydrogens is 594 g/mol. The quantitative estimate of drug-likeness (QED) is 0.268. The number of rotatable bonds is 6. The third kappa shape index (κ3) is 5.46. The number of carbonyl (C=O) groups is 2. The summed E-state index contributed by atoms with van der Waals surface area (Å²) in [7, 11) is 1.55. The van der Waals surface area contributed by atoms with Gasteiger partial charge in [0.25, 0.3) is 11.1 Å². The lowest BCUT2D eigenvalue weighted by atomic mass is 10.1. The van der Waals surface area contributed by atoms with Crippen LogP contribution in [-0.4, -0.2) is 18.3 Å². The summed E-state index contributed by atoms with van der Waals surface area (Å²) in [5, 5.41) is 0.0628. The number of hydrogen-bond acceptors (Lipinski definition) is 5. The Labute approximate surface area is 217 Å². The van der Waals surface area contributed by atoms with Crippen molar-refractivity contribution in [3.8, 4) is 11.5 Å². The van der Waals surface area contributed by atoms with Crippen molar-refractivity contribution in [1.29, 1.82) is 0 Å². The summed E-state index contributed by atoms with van der Waals surface area (Å²) in [5.41, 5.74) is 2.12. The van der Waals surface area contributed by atoms with Gasteiger partial charge in [-0.3, -0.25) is 9.59 Å². The van der Waals surface area contributed by atoms with E-state index >= 15 is 0 Å². The van der Waals surface area contributed by atoms with Gasteiger partial charge < -0.3 is 9.47 Å². The van der Waals surface area contributed by atoms with E-state index in [1.54, 1.807) is 49.6 Å². The summed E-state index contributed by atoms with van der Waals surface area (Å²) < 4.78 is 13.1. The second-order valence-electron chi connectivity index (χ2n) is 6.94. The lowest BCUT2D eigenvalue weighted by Crippen LogP contribution is -2.27. The molecule has 9 heteroatoms. The highest BCUT2D eigenvalue weighted by atomic mass is 79.9. The number of thioether (sulfide) groups is 1. The molecule has 1 aliphatic heterocycles. The minimum absolute atomic E-state index is 0.297. The molecule has 0 spiro atoms. The number of anilines is 1. The van der Waals surface area contributed by atoms with Crippen LogP contribution in [0.3, 0.4) is 0 Å². The zero-order chi connectivity index (χ0) is 23.5. The van der Waals surface area contributed by atoms with Crippen LogP contribution in [0.5, 0.6) is 11.5 Å². The molecule has 0 aromatic heterocycles. The third-order valence-corrected chi connectivity index (χ3v) is 7.06. The van der Waals surface area contributed by atoms with Gasteiger partial charge in [-0.25, -0.2) is 4.90 Å². The van der Waals surface area contributed by atoms with Crippen LogP contribution < -0.4 is 14.4 Å². The molecule has 1 fully saturated rings. The molecule has 168 valence electrons. The lowest BCUT2D eigenvalue weighted by Gasteiger charge is -2.13. The van der Waals surface area contributed by atoms with Gasteiger partial charge in [0, 0.05) is 14.0 Å². The fourth-order valence-corrected chi connectivity index (χ4v) is 4.84. The first-order chi connectivity index (χ1) is 15.9. The van der Waals surface area contributed by atoms with Crippen molar-refractivity contribution in [2.24, 2.45) is 0 Å². The molecular formula is C24H16Br2ClNO4S. The van der Waals surface area contributed by atoms with Gasteiger partial charge in [0.05, 0.1) is 17.7 Å². The highest BCUT2D eigenvalue weighted by Gasteiger charge is 2.36. The number of ether oxygens (including phenoxy) is 2. The Morgan fingerprint density at radius 2 is 1.79 bits per heavy atom. The van der Waals surface area contributed by atoms with E-state index in [0.717, 1.165) is 26.7 Å². The van der Waals surface area contributed by atoms with Gasteiger partial charge in [-0.15, -0.1) is 0 Å². The number of hydrogen-bond donors (Lipinski definition) is 0. The van der Waals surface area contributed by atoms with E-state index < -0.39 is 5.91 Å². The van der Waals surface area contributed by atoms with Gasteiger partial charge in [-0.1, -0.05) is 61.7 Å². The van der Waals surface area contributed by atoms with Crippen molar-refractivity contribution < 1.29 is 19.1 Å². The van der Waals surface area contributed by atoms with E-state index in [9.17, 15) is 9.59 Å².